The van der Waals surface area contributed by atoms with Gasteiger partial charge in [0.05, 0.1) is 0 Å². The third-order valence-corrected chi connectivity index (χ3v) is 4.16. The van der Waals surface area contributed by atoms with Gasteiger partial charge in [0.15, 0.2) is 0 Å². The molecule has 0 bridgehead atoms. The number of hydrogen-bond donors (Lipinski definition) is 1. The van der Waals surface area contributed by atoms with Crippen molar-refractivity contribution < 1.29 is 9.90 Å². The minimum absolute atomic E-state index is 0.354. The fourth-order valence-corrected chi connectivity index (χ4v) is 3.06. The Bertz CT molecular complexity index is 822. The molecule has 0 saturated carbocycles. The minimum Gasteiger partial charge on any atom is -0.477 e. The second-order valence-corrected chi connectivity index (χ2v) is 5.93. The van der Waals surface area contributed by atoms with Crippen LogP contribution in [0.15, 0.2) is 53.0 Å². The molecule has 0 aliphatic heterocycles. The highest BCUT2D eigenvalue weighted by molar-refractivity contribution is 9.10. The maximum Gasteiger partial charge on any atom is 0.352 e. The van der Waals surface area contributed by atoms with Gasteiger partial charge in [-0.1, -0.05) is 46.3 Å². The first-order valence-corrected chi connectivity index (χ1v) is 7.43. The molecular weight excluding hydrogens is 330 g/mol. The summed E-state index contributed by atoms with van der Waals surface area (Å²) < 4.78 is 2.82. The van der Waals surface area contributed by atoms with Crippen molar-refractivity contribution in [1.82, 2.24) is 4.57 Å². The minimum atomic E-state index is -0.893. The molecule has 4 heteroatoms. The number of aryl methyl sites for hydroxylation is 1. The van der Waals surface area contributed by atoms with E-state index in [1.165, 1.54) is 0 Å². The summed E-state index contributed by atoms with van der Waals surface area (Å²) in [6.07, 6.45) is 0. The molecular formula is C17H14BrNO2. The van der Waals surface area contributed by atoms with Gasteiger partial charge in [0.25, 0.3) is 0 Å². The van der Waals surface area contributed by atoms with E-state index in [0.717, 1.165) is 26.5 Å². The molecule has 21 heavy (non-hydrogen) atoms. The normalized spacial score (nSPS) is 11.0. The van der Waals surface area contributed by atoms with Gasteiger partial charge in [-0.25, -0.2) is 4.79 Å². The molecule has 1 aromatic heterocycles. The molecule has 3 nitrogen and oxygen atoms in total. The summed E-state index contributed by atoms with van der Waals surface area (Å²) in [6.45, 7) is 2.41. The fourth-order valence-electron chi connectivity index (χ4n) is 2.70. The quantitative estimate of drug-likeness (QED) is 0.762. The Morgan fingerprint density at radius 1 is 1.19 bits per heavy atom. The van der Waals surface area contributed by atoms with E-state index in [-0.39, 0.29) is 0 Å². The van der Waals surface area contributed by atoms with Crippen LogP contribution in [0.1, 0.15) is 21.6 Å². The van der Waals surface area contributed by atoms with E-state index < -0.39 is 5.97 Å². The van der Waals surface area contributed by atoms with Crippen LogP contribution in [0, 0.1) is 6.92 Å². The zero-order chi connectivity index (χ0) is 15.0. The van der Waals surface area contributed by atoms with E-state index in [0.29, 0.717) is 12.2 Å². The number of benzene rings is 2. The Morgan fingerprint density at radius 2 is 1.90 bits per heavy atom. The maximum atomic E-state index is 11.7. The summed E-state index contributed by atoms with van der Waals surface area (Å²) >= 11 is 3.45. The highest BCUT2D eigenvalue weighted by Crippen LogP contribution is 2.29. The fraction of sp³-hybridized carbons (Fsp3) is 0.118. The molecule has 0 atom stereocenters. The lowest BCUT2D eigenvalue weighted by Crippen LogP contribution is -2.10. The third kappa shape index (κ3) is 2.47. The van der Waals surface area contributed by atoms with Crippen LogP contribution in [0.4, 0.5) is 0 Å². The van der Waals surface area contributed by atoms with Crippen molar-refractivity contribution in [3.63, 3.8) is 0 Å². The average molecular weight is 344 g/mol. The zero-order valence-electron chi connectivity index (χ0n) is 11.5. The number of carbonyl (C=O) groups is 1. The molecule has 0 aliphatic carbocycles. The summed E-state index contributed by atoms with van der Waals surface area (Å²) in [7, 11) is 0. The Hall–Kier alpha value is -2.07. The van der Waals surface area contributed by atoms with E-state index >= 15 is 0 Å². The molecule has 3 rings (SSSR count). The van der Waals surface area contributed by atoms with Crippen LogP contribution in [-0.2, 0) is 6.54 Å². The topological polar surface area (TPSA) is 42.2 Å². The standard InChI is InChI=1S/C17H14BrNO2/c1-11-14-9-13(18)7-8-15(14)19(16(11)17(20)21)10-12-5-3-2-4-6-12/h2-9H,10H2,1H3,(H,20,21). The Morgan fingerprint density at radius 3 is 2.57 bits per heavy atom. The Kier molecular flexibility index (Phi) is 3.55. The Balaban J connectivity index is 2.24. The number of aromatic carboxylic acids is 1. The molecule has 1 N–H and O–H groups in total. The number of fused-ring (bicyclic) bond motifs is 1. The van der Waals surface area contributed by atoms with Gasteiger partial charge in [0, 0.05) is 21.9 Å². The molecule has 0 saturated heterocycles. The second-order valence-electron chi connectivity index (χ2n) is 5.01. The third-order valence-electron chi connectivity index (χ3n) is 3.66. The van der Waals surface area contributed by atoms with Gasteiger partial charge in [-0.15, -0.1) is 0 Å². The molecule has 0 radical (unpaired) electrons. The first kappa shape index (κ1) is 13.9. The smallest absolute Gasteiger partial charge is 0.352 e. The number of rotatable bonds is 3. The lowest BCUT2D eigenvalue weighted by molar-refractivity contribution is 0.0685. The summed E-state index contributed by atoms with van der Waals surface area (Å²) in [6, 6.07) is 15.8. The van der Waals surface area contributed by atoms with Crippen molar-refractivity contribution >= 4 is 32.8 Å². The molecule has 0 aliphatic rings. The summed E-state index contributed by atoms with van der Waals surface area (Å²) in [4.78, 5) is 11.7. The monoisotopic (exact) mass is 343 g/mol. The van der Waals surface area contributed by atoms with Gasteiger partial charge in [-0.3, -0.25) is 0 Å². The van der Waals surface area contributed by atoms with Crippen LogP contribution in [0.25, 0.3) is 10.9 Å². The first-order valence-electron chi connectivity index (χ1n) is 6.63. The number of nitrogens with zero attached hydrogens (tertiary/aromatic N) is 1. The van der Waals surface area contributed by atoms with Gasteiger partial charge >= 0.3 is 5.97 Å². The van der Waals surface area contributed by atoms with Crippen LogP contribution in [0.2, 0.25) is 0 Å². The van der Waals surface area contributed by atoms with E-state index in [9.17, 15) is 9.90 Å². The number of carboxylic acid groups (broad SMARTS) is 1. The average Bonchev–Trinajstić information content (AvgIpc) is 2.72. The van der Waals surface area contributed by atoms with Gasteiger partial charge < -0.3 is 9.67 Å². The second kappa shape index (κ2) is 5.37. The van der Waals surface area contributed by atoms with Crippen LogP contribution in [0.5, 0.6) is 0 Å². The largest absolute Gasteiger partial charge is 0.477 e. The van der Waals surface area contributed by atoms with Gasteiger partial charge in [-0.05, 0) is 36.2 Å². The number of carboxylic acids is 1. The summed E-state index contributed by atoms with van der Waals surface area (Å²) in [5.74, 6) is -0.893. The summed E-state index contributed by atoms with van der Waals surface area (Å²) in [5.41, 5.74) is 3.18. The van der Waals surface area contributed by atoms with E-state index in [1.54, 1.807) is 0 Å². The van der Waals surface area contributed by atoms with Crippen molar-refractivity contribution in [2.75, 3.05) is 0 Å². The molecule has 3 aromatic rings. The summed E-state index contributed by atoms with van der Waals surface area (Å²) in [5, 5.41) is 10.5. The number of halogens is 1. The Labute approximate surface area is 131 Å². The van der Waals surface area contributed by atoms with Crippen molar-refractivity contribution in [2.24, 2.45) is 0 Å². The van der Waals surface area contributed by atoms with Gasteiger partial charge in [0.2, 0.25) is 0 Å². The van der Waals surface area contributed by atoms with Crippen LogP contribution in [0.3, 0.4) is 0 Å². The zero-order valence-corrected chi connectivity index (χ0v) is 13.1. The van der Waals surface area contributed by atoms with Crippen LogP contribution in [-0.4, -0.2) is 15.6 Å². The molecule has 106 valence electrons. The van der Waals surface area contributed by atoms with Crippen LogP contribution >= 0.6 is 15.9 Å². The maximum absolute atomic E-state index is 11.7. The van der Waals surface area contributed by atoms with Crippen LogP contribution < -0.4 is 0 Å². The van der Waals surface area contributed by atoms with Gasteiger partial charge in [0.1, 0.15) is 5.69 Å². The number of hydrogen-bond acceptors (Lipinski definition) is 1. The highest BCUT2D eigenvalue weighted by atomic mass is 79.9. The lowest BCUT2D eigenvalue weighted by Gasteiger charge is -2.09. The van der Waals surface area contributed by atoms with E-state index in [2.05, 4.69) is 15.9 Å². The van der Waals surface area contributed by atoms with E-state index in [4.69, 9.17) is 0 Å². The predicted octanol–water partition coefficient (Wildman–Crippen LogP) is 4.46. The molecule has 0 spiro atoms. The molecule has 0 unspecified atom stereocenters. The first-order chi connectivity index (χ1) is 10.1. The lowest BCUT2D eigenvalue weighted by atomic mass is 10.1. The van der Waals surface area contributed by atoms with E-state index in [1.807, 2.05) is 60.0 Å². The SMILES string of the molecule is Cc1c(C(=O)O)n(Cc2ccccc2)c2ccc(Br)cc12. The van der Waals surface area contributed by atoms with Gasteiger partial charge in [-0.2, -0.15) is 0 Å². The molecule has 2 aromatic carbocycles. The molecule has 1 heterocycles. The van der Waals surface area contributed by atoms with Crippen molar-refractivity contribution in [2.45, 2.75) is 13.5 Å². The van der Waals surface area contributed by atoms with Crippen molar-refractivity contribution in [1.29, 1.82) is 0 Å². The predicted molar refractivity (Wildman–Crippen MR) is 86.9 cm³/mol. The van der Waals surface area contributed by atoms with Crippen molar-refractivity contribution in [3.8, 4) is 0 Å². The number of aromatic nitrogens is 1. The van der Waals surface area contributed by atoms with Crippen molar-refractivity contribution in [3.05, 3.63) is 69.8 Å². The molecule has 0 fully saturated rings. The molecule has 0 amide bonds. The highest BCUT2D eigenvalue weighted by Gasteiger charge is 2.19.